The van der Waals surface area contributed by atoms with Gasteiger partial charge in [-0.25, -0.2) is 4.98 Å². The van der Waals surface area contributed by atoms with Gasteiger partial charge < -0.3 is 10.7 Å². The Labute approximate surface area is 156 Å². The number of hydrogen-bond donors (Lipinski definition) is 3. The van der Waals surface area contributed by atoms with Gasteiger partial charge in [-0.15, -0.1) is 11.3 Å². The van der Waals surface area contributed by atoms with Crippen LogP contribution in [0.25, 0.3) is 11.3 Å². The van der Waals surface area contributed by atoms with Crippen LogP contribution in [0.2, 0.25) is 0 Å². The molecule has 1 aromatic carbocycles. The van der Waals surface area contributed by atoms with E-state index >= 15 is 0 Å². The van der Waals surface area contributed by atoms with Gasteiger partial charge in [-0.2, -0.15) is 0 Å². The van der Waals surface area contributed by atoms with E-state index in [-0.39, 0.29) is 11.6 Å². The highest BCUT2D eigenvalue weighted by Gasteiger charge is 2.16. The van der Waals surface area contributed by atoms with E-state index in [2.05, 4.69) is 15.3 Å². The number of rotatable bonds is 6. The molecule has 2 amide bonds. The van der Waals surface area contributed by atoms with Crippen LogP contribution in [0.5, 0.6) is 0 Å². The first-order valence-corrected chi connectivity index (χ1v) is 9.92. The monoisotopic (exact) mass is 388 g/mol. The molecule has 7 nitrogen and oxygen atoms in total. The molecular formula is C17H16N4O3S2. The number of aromatic nitrogens is 2. The number of benzene rings is 1. The highest BCUT2D eigenvalue weighted by molar-refractivity contribution is 7.85. The zero-order chi connectivity index (χ0) is 18.7. The van der Waals surface area contributed by atoms with Crippen molar-refractivity contribution in [2.75, 3.05) is 11.1 Å². The van der Waals surface area contributed by atoms with Crippen molar-refractivity contribution in [2.45, 2.75) is 11.8 Å². The molecule has 134 valence electrons. The Morgan fingerprint density at radius 2 is 2.12 bits per heavy atom. The lowest BCUT2D eigenvalue weighted by atomic mass is 10.2. The number of H-pyrrole nitrogens is 1. The minimum Gasteiger partial charge on any atom is -0.364 e. The summed E-state index contributed by atoms with van der Waals surface area (Å²) in [6.45, 7) is 1.80. The molecule has 0 aliphatic carbocycles. The number of nitrogens with two attached hydrogens (primary N) is 1. The van der Waals surface area contributed by atoms with Crippen molar-refractivity contribution < 1.29 is 13.8 Å². The van der Waals surface area contributed by atoms with Crippen LogP contribution in [0, 0.1) is 0 Å². The van der Waals surface area contributed by atoms with E-state index < -0.39 is 16.7 Å². The van der Waals surface area contributed by atoms with Crippen LogP contribution in [0.3, 0.4) is 0 Å². The minimum absolute atomic E-state index is 0.287. The van der Waals surface area contributed by atoms with E-state index in [1.165, 1.54) is 11.3 Å². The standard InChI is InChI=1S/C17H16N4O3S2/c1-2-26(24)14-6-4-3-5-11(14)16(23)21-17-20-13(9-25-17)10-7-12(15(18)22)19-8-10/h3-9,19H,2H2,1H3,(H2,18,22)(H,20,21,23)/t26-/m1/s1. The summed E-state index contributed by atoms with van der Waals surface area (Å²) in [5.74, 6) is -0.489. The third-order valence-corrected chi connectivity index (χ3v) is 5.74. The molecule has 3 aromatic rings. The minimum atomic E-state index is -1.23. The molecule has 1 atom stereocenters. The second-order valence-electron chi connectivity index (χ2n) is 5.29. The van der Waals surface area contributed by atoms with Crippen molar-refractivity contribution in [1.82, 2.24) is 9.97 Å². The molecule has 0 radical (unpaired) electrons. The summed E-state index contributed by atoms with van der Waals surface area (Å²) < 4.78 is 12.1. The third kappa shape index (κ3) is 3.73. The molecule has 0 aliphatic rings. The van der Waals surface area contributed by atoms with E-state index in [1.807, 2.05) is 0 Å². The molecule has 2 aromatic heterocycles. The number of primary amides is 1. The van der Waals surface area contributed by atoms with E-state index in [0.29, 0.717) is 32.6 Å². The fourth-order valence-corrected chi connectivity index (χ4v) is 3.98. The van der Waals surface area contributed by atoms with Gasteiger partial charge in [0.15, 0.2) is 5.13 Å². The number of amides is 2. The first-order chi connectivity index (χ1) is 12.5. The highest BCUT2D eigenvalue weighted by atomic mass is 32.2. The number of carbonyl (C=O) groups excluding carboxylic acids is 2. The van der Waals surface area contributed by atoms with Crippen LogP contribution in [0.4, 0.5) is 5.13 Å². The van der Waals surface area contributed by atoms with Gasteiger partial charge in [-0.1, -0.05) is 19.1 Å². The van der Waals surface area contributed by atoms with Gasteiger partial charge >= 0.3 is 0 Å². The normalized spacial score (nSPS) is 11.9. The molecule has 9 heteroatoms. The summed E-state index contributed by atoms with van der Waals surface area (Å²) in [6.07, 6.45) is 1.63. The lowest BCUT2D eigenvalue weighted by Crippen LogP contribution is -2.15. The Bertz CT molecular complexity index is 993. The number of nitrogens with zero attached hydrogens (tertiary/aromatic N) is 1. The fourth-order valence-electron chi connectivity index (χ4n) is 2.32. The Morgan fingerprint density at radius 1 is 1.35 bits per heavy atom. The Morgan fingerprint density at radius 3 is 2.81 bits per heavy atom. The maximum Gasteiger partial charge on any atom is 0.265 e. The maximum absolute atomic E-state index is 12.5. The largest absolute Gasteiger partial charge is 0.364 e. The maximum atomic E-state index is 12.5. The van der Waals surface area contributed by atoms with E-state index in [1.54, 1.807) is 48.8 Å². The van der Waals surface area contributed by atoms with Crippen molar-refractivity contribution in [1.29, 1.82) is 0 Å². The van der Waals surface area contributed by atoms with E-state index in [9.17, 15) is 13.8 Å². The van der Waals surface area contributed by atoms with Crippen LogP contribution in [0.15, 0.2) is 46.8 Å². The Kier molecular flexibility index (Phi) is 5.29. The second-order valence-corrected chi connectivity index (χ2v) is 7.85. The molecule has 0 saturated carbocycles. The van der Waals surface area contributed by atoms with Crippen molar-refractivity contribution in [3.8, 4) is 11.3 Å². The van der Waals surface area contributed by atoms with Gasteiger partial charge in [-0.3, -0.25) is 19.1 Å². The van der Waals surface area contributed by atoms with Gasteiger partial charge in [0.1, 0.15) is 5.69 Å². The first-order valence-electron chi connectivity index (χ1n) is 7.72. The van der Waals surface area contributed by atoms with Gasteiger partial charge in [0.2, 0.25) is 0 Å². The second kappa shape index (κ2) is 7.63. The zero-order valence-corrected chi connectivity index (χ0v) is 15.4. The van der Waals surface area contributed by atoms with Crippen molar-refractivity contribution in [3.63, 3.8) is 0 Å². The fraction of sp³-hybridized carbons (Fsp3) is 0.118. The van der Waals surface area contributed by atoms with Gasteiger partial charge in [0.25, 0.3) is 11.8 Å². The average molecular weight is 388 g/mol. The molecule has 0 bridgehead atoms. The number of aromatic amines is 1. The van der Waals surface area contributed by atoms with E-state index in [0.717, 1.165) is 0 Å². The average Bonchev–Trinajstić information content (AvgIpc) is 3.30. The van der Waals surface area contributed by atoms with Gasteiger partial charge in [0, 0.05) is 22.9 Å². The molecule has 2 heterocycles. The van der Waals surface area contributed by atoms with Crippen molar-refractivity contribution >= 4 is 39.1 Å². The number of hydrogen-bond acceptors (Lipinski definition) is 5. The third-order valence-electron chi connectivity index (χ3n) is 3.61. The first kappa shape index (κ1) is 18.0. The molecule has 0 aliphatic heterocycles. The molecule has 0 spiro atoms. The highest BCUT2D eigenvalue weighted by Crippen LogP contribution is 2.26. The molecule has 0 fully saturated rings. The number of nitrogens with one attached hydrogen (secondary N) is 2. The van der Waals surface area contributed by atoms with E-state index in [4.69, 9.17) is 5.73 Å². The van der Waals surface area contributed by atoms with Crippen LogP contribution in [-0.4, -0.2) is 31.7 Å². The smallest absolute Gasteiger partial charge is 0.265 e. The number of anilines is 1. The molecule has 26 heavy (non-hydrogen) atoms. The van der Waals surface area contributed by atoms with Crippen LogP contribution in [-0.2, 0) is 10.8 Å². The van der Waals surface area contributed by atoms with Crippen molar-refractivity contribution in [2.24, 2.45) is 5.73 Å². The SMILES string of the molecule is CC[S@@](=O)c1ccccc1C(=O)Nc1nc(-c2c[nH]c(C(N)=O)c2)cs1. The molecule has 4 N–H and O–H groups in total. The predicted octanol–water partition coefficient (Wildman–Crippen LogP) is 2.62. The quantitative estimate of drug-likeness (QED) is 0.601. The van der Waals surface area contributed by atoms with Crippen LogP contribution >= 0.6 is 11.3 Å². The summed E-state index contributed by atoms with van der Waals surface area (Å²) in [4.78, 5) is 31.3. The van der Waals surface area contributed by atoms with Crippen LogP contribution in [0.1, 0.15) is 27.8 Å². The summed E-state index contributed by atoms with van der Waals surface area (Å²) >= 11 is 1.26. The van der Waals surface area contributed by atoms with Gasteiger partial charge in [0.05, 0.1) is 27.0 Å². The molecular weight excluding hydrogens is 372 g/mol. The van der Waals surface area contributed by atoms with Crippen LogP contribution < -0.4 is 11.1 Å². The topological polar surface area (TPSA) is 118 Å². The molecule has 0 unspecified atom stereocenters. The molecule has 3 rings (SSSR count). The Hall–Kier alpha value is -2.78. The van der Waals surface area contributed by atoms with Gasteiger partial charge in [-0.05, 0) is 18.2 Å². The lowest BCUT2D eigenvalue weighted by Gasteiger charge is -2.07. The number of thiazole rings is 1. The molecule has 0 saturated heterocycles. The number of carbonyl (C=O) groups is 2. The zero-order valence-electron chi connectivity index (χ0n) is 13.8. The summed E-state index contributed by atoms with van der Waals surface area (Å²) in [6, 6.07) is 8.40. The summed E-state index contributed by atoms with van der Waals surface area (Å²) in [5.41, 5.74) is 7.18. The lowest BCUT2D eigenvalue weighted by molar-refractivity contribution is 0.0993. The van der Waals surface area contributed by atoms with Crippen molar-refractivity contribution in [3.05, 3.63) is 53.2 Å². The predicted molar refractivity (Wildman–Crippen MR) is 102 cm³/mol. The summed E-state index contributed by atoms with van der Waals surface area (Å²) in [5, 5.41) is 4.90. The Balaban J connectivity index is 1.80. The summed E-state index contributed by atoms with van der Waals surface area (Å²) in [7, 11) is -1.23.